The molecule has 1 heterocycles. The van der Waals surface area contributed by atoms with Crippen molar-refractivity contribution in [2.75, 3.05) is 0 Å². The number of hydrogen-bond acceptors (Lipinski definition) is 3. The van der Waals surface area contributed by atoms with Gasteiger partial charge in [-0.05, 0) is 31.7 Å². The Bertz CT molecular complexity index is 502. The van der Waals surface area contributed by atoms with Gasteiger partial charge in [-0.3, -0.25) is 9.78 Å². The number of nitrogens with one attached hydrogen (secondary N) is 1. The van der Waals surface area contributed by atoms with Crippen molar-refractivity contribution in [1.82, 2.24) is 10.3 Å². The number of carbonyl (C=O) groups is 2. The standard InChI is InChI=1S/C12H13ClN2O3/c1-12(11(17)18,7-2-3-7)15-10(16)8-4-5-14-6-9(8)13/h4-7H,2-3H2,1H3,(H,15,16)(H,17,18)/t12-/m1/s1. The number of nitrogens with zero attached hydrogens (tertiary/aromatic N) is 1. The highest BCUT2D eigenvalue weighted by Crippen LogP contribution is 2.40. The van der Waals surface area contributed by atoms with Gasteiger partial charge in [0.1, 0.15) is 5.54 Å². The SMILES string of the molecule is C[C@](NC(=O)c1ccncc1Cl)(C(=O)O)C1CC1. The molecule has 1 aromatic heterocycles. The predicted molar refractivity (Wildman–Crippen MR) is 65.5 cm³/mol. The second-order valence-electron chi connectivity index (χ2n) is 4.59. The van der Waals surface area contributed by atoms with E-state index in [4.69, 9.17) is 11.6 Å². The second-order valence-corrected chi connectivity index (χ2v) is 5.00. The van der Waals surface area contributed by atoms with Gasteiger partial charge < -0.3 is 10.4 Å². The van der Waals surface area contributed by atoms with Gasteiger partial charge in [-0.15, -0.1) is 0 Å². The minimum atomic E-state index is -1.23. The van der Waals surface area contributed by atoms with E-state index in [0.717, 1.165) is 12.8 Å². The van der Waals surface area contributed by atoms with E-state index in [9.17, 15) is 14.7 Å². The van der Waals surface area contributed by atoms with Crippen LogP contribution < -0.4 is 5.32 Å². The van der Waals surface area contributed by atoms with Crippen LogP contribution in [0.4, 0.5) is 0 Å². The average molecular weight is 269 g/mol. The molecule has 2 N–H and O–H groups in total. The summed E-state index contributed by atoms with van der Waals surface area (Å²) in [4.78, 5) is 27.1. The number of rotatable bonds is 4. The molecule has 1 amide bonds. The first-order valence-corrected chi connectivity index (χ1v) is 5.98. The molecule has 0 aromatic carbocycles. The molecule has 0 aliphatic heterocycles. The average Bonchev–Trinajstić information content (AvgIpc) is 3.13. The number of aliphatic carboxylic acids is 1. The number of carbonyl (C=O) groups excluding carboxylic acids is 1. The van der Waals surface area contributed by atoms with E-state index in [0.29, 0.717) is 0 Å². The first-order chi connectivity index (χ1) is 8.45. The van der Waals surface area contributed by atoms with Crippen LogP contribution in [0.2, 0.25) is 5.02 Å². The Morgan fingerprint density at radius 2 is 2.22 bits per heavy atom. The lowest BCUT2D eigenvalue weighted by Gasteiger charge is -2.26. The summed E-state index contributed by atoms with van der Waals surface area (Å²) in [6, 6.07) is 1.47. The summed E-state index contributed by atoms with van der Waals surface area (Å²) >= 11 is 5.85. The van der Waals surface area contributed by atoms with E-state index < -0.39 is 17.4 Å². The Kier molecular flexibility index (Phi) is 3.26. The van der Waals surface area contributed by atoms with E-state index in [-0.39, 0.29) is 16.5 Å². The van der Waals surface area contributed by atoms with Gasteiger partial charge in [0.2, 0.25) is 0 Å². The van der Waals surface area contributed by atoms with Crippen LogP contribution in [0.15, 0.2) is 18.5 Å². The minimum Gasteiger partial charge on any atom is -0.480 e. The smallest absolute Gasteiger partial charge is 0.329 e. The maximum absolute atomic E-state index is 12.0. The molecule has 0 bridgehead atoms. The summed E-state index contributed by atoms with van der Waals surface area (Å²) in [5.74, 6) is -1.53. The monoisotopic (exact) mass is 268 g/mol. The van der Waals surface area contributed by atoms with Crippen LogP contribution in [0.3, 0.4) is 0 Å². The Morgan fingerprint density at radius 1 is 1.56 bits per heavy atom. The highest BCUT2D eigenvalue weighted by molar-refractivity contribution is 6.33. The first kappa shape index (κ1) is 12.8. The van der Waals surface area contributed by atoms with Crippen molar-refractivity contribution in [1.29, 1.82) is 0 Å². The van der Waals surface area contributed by atoms with Crippen molar-refractivity contribution >= 4 is 23.5 Å². The van der Waals surface area contributed by atoms with Crippen LogP contribution in [0, 0.1) is 5.92 Å². The molecule has 0 radical (unpaired) electrons. The number of hydrogen-bond donors (Lipinski definition) is 2. The summed E-state index contributed by atoms with van der Waals surface area (Å²) in [6.07, 6.45) is 4.42. The lowest BCUT2D eigenvalue weighted by molar-refractivity contribution is -0.144. The van der Waals surface area contributed by atoms with Crippen molar-refractivity contribution in [3.8, 4) is 0 Å². The Morgan fingerprint density at radius 3 is 2.72 bits per heavy atom. The number of pyridine rings is 1. The van der Waals surface area contributed by atoms with E-state index >= 15 is 0 Å². The Hall–Kier alpha value is -1.62. The van der Waals surface area contributed by atoms with Crippen LogP contribution >= 0.6 is 11.6 Å². The van der Waals surface area contributed by atoms with Crippen LogP contribution in [-0.2, 0) is 4.79 Å². The molecular formula is C12H13ClN2O3. The first-order valence-electron chi connectivity index (χ1n) is 5.60. The molecule has 1 aliphatic rings. The molecule has 0 spiro atoms. The Balaban J connectivity index is 2.20. The van der Waals surface area contributed by atoms with Crippen molar-refractivity contribution in [3.63, 3.8) is 0 Å². The van der Waals surface area contributed by atoms with Crippen LogP contribution in [0.1, 0.15) is 30.1 Å². The zero-order chi connectivity index (χ0) is 13.3. The van der Waals surface area contributed by atoms with Gasteiger partial charge in [0, 0.05) is 12.4 Å². The highest BCUT2D eigenvalue weighted by atomic mass is 35.5. The number of amides is 1. The maximum atomic E-state index is 12.0. The van der Waals surface area contributed by atoms with Crippen LogP contribution in [0.5, 0.6) is 0 Å². The summed E-state index contributed by atoms with van der Waals surface area (Å²) < 4.78 is 0. The van der Waals surface area contributed by atoms with Gasteiger partial charge >= 0.3 is 5.97 Å². The molecular weight excluding hydrogens is 256 g/mol. The summed E-state index contributed by atoms with van der Waals surface area (Å²) in [5, 5.41) is 12.0. The van der Waals surface area contributed by atoms with Crippen molar-refractivity contribution < 1.29 is 14.7 Å². The van der Waals surface area contributed by atoms with Crippen LogP contribution in [0.25, 0.3) is 0 Å². The van der Waals surface area contributed by atoms with Crippen LogP contribution in [-0.4, -0.2) is 27.5 Å². The normalized spacial score (nSPS) is 17.9. The van der Waals surface area contributed by atoms with E-state index in [2.05, 4.69) is 10.3 Å². The third-order valence-electron chi connectivity index (χ3n) is 3.23. The zero-order valence-corrected chi connectivity index (χ0v) is 10.6. The molecule has 2 rings (SSSR count). The van der Waals surface area contributed by atoms with Crippen molar-refractivity contribution in [2.24, 2.45) is 5.92 Å². The molecule has 5 nitrogen and oxygen atoms in total. The maximum Gasteiger partial charge on any atom is 0.329 e. The fourth-order valence-corrected chi connectivity index (χ4v) is 2.06. The minimum absolute atomic E-state index is 0.0143. The van der Waals surface area contributed by atoms with Gasteiger partial charge in [0.05, 0.1) is 10.6 Å². The molecule has 1 atom stereocenters. The molecule has 0 saturated heterocycles. The molecule has 6 heteroatoms. The Labute approximate surface area is 109 Å². The van der Waals surface area contributed by atoms with Crippen molar-refractivity contribution in [3.05, 3.63) is 29.0 Å². The topological polar surface area (TPSA) is 79.3 Å². The number of carboxylic acids is 1. The summed E-state index contributed by atoms with van der Waals surface area (Å²) in [6.45, 7) is 1.53. The molecule has 1 aliphatic carbocycles. The van der Waals surface area contributed by atoms with Gasteiger partial charge in [-0.2, -0.15) is 0 Å². The fourth-order valence-electron chi connectivity index (χ4n) is 1.85. The quantitative estimate of drug-likeness (QED) is 0.871. The number of aromatic nitrogens is 1. The fraction of sp³-hybridized carbons (Fsp3) is 0.417. The highest BCUT2D eigenvalue weighted by Gasteiger charge is 2.48. The molecule has 96 valence electrons. The van der Waals surface area contributed by atoms with Gasteiger partial charge in [-0.1, -0.05) is 11.6 Å². The lowest BCUT2D eigenvalue weighted by atomic mass is 9.95. The lowest BCUT2D eigenvalue weighted by Crippen LogP contribution is -2.54. The molecule has 1 saturated carbocycles. The zero-order valence-electron chi connectivity index (χ0n) is 9.81. The van der Waals surface area contributed by atoms with Gasteiger partial charge in [0.25, 0.3) is 5.91 Å². The molecule has 1 aromatic rings. The second kappa shape index (κ2) is 4.57. The summed E-state index contributed by atoms with van der Waals surface area (Å²) in [5.41, 5.74) is -0.997. The van der Waals surface area contributed by atoms with Crippen molar-refractivity contribution in [2.45, 2.75) is 25.3 Å². The third-order valence-corrected chi connectivity index (χ3v) is 3.53. The largest absolute Gasteiger partial charge is 0.480 e. The molecule has 18 heavy (non-hydrogen) atoms. The third kappa shape index (κ3) is 2.31. The summed E-state index contributed by atoms with van der Waals surface area (Å²) in [7, 11) is 0. The molecule has 0 unspecified atom stereocenters. The predicted octanol–water partition coefficient (Wildman–Crippen LogP) is 1.72. The van der Waals surface area contributed by atoms with Gasteiger partial charge in [-0.25, -0.2) is 4.79 Å². The number of carboxylic acid groups (broad SMARTS) is 1. The van der Waals surface area contributed by atoms with Gasteiger partial charge in [0.15, 0.2) is 0 Å². The van der Waals surface area contributed by atoms with E-state index in [1.54, 1.807) is 0 Å². The number of halogens is 1. The van der Waals surface area contributed by atoms with E-state index in [1.807, 2.05) is 0 Å². The molecule has 1 fully saturated rings. The van der Waals surface area contributed by atoms with E-state index in [1.165, 1.54) is 25.4 Å².